The number of piperazine rings is 1. The Morgan fingerprint density at radius 2 is 1.96 bits per heavy atom. The van der Waals surface area contributed by atoms with Crippen LogP contribution in [0, 0.1) is 5.41 Å². The number of dihydropyridines is 1. The zero-order chi connectivity index (χ0) is 32.6. The van der Waals surface area contributed by atoms with Gasteiger partial charge in [0.1, 0.15) is 5.60 Å². The van der Waals surface area contributed by atoms with Gasteiger partial charge in [-0.1, -0.05) is 50.6 Å². The molecular weight excluding hydrogens is 604 g/mol. The molecule has 3 aliphatic heterocycles. The quantitative estimate of drug-likeness (QED) is 0.449. The molecule has 6 rings (SSSR count). The number of rotatable bonds is 7. The largest absolute Gasteiger partial charge is 0.449 e. The van der Waals surface area contributed by atoms with E-state index in [9.17, 15) is 9.59 Å². The minimum atomic E-state index is -0.793. The Balaban J connectivity index is 1.36. The van der Waals surface area contributed by atoms with Gasteiger partial charge >= 0.3 is 6.09 Å². The Labute approximate surface area is 276 Å². The molecule has 1 saturated heterocycles. The van der Waals surface area contributed by atoms with E-state index >= 15 is 0 Å². The van der Waals surface area contributed by atoms with Gasteiger partial charge in [-0.2, -0.15) is 0 Å². The lowest BCUT2D eigenvalue weighted by molar-refractivity contribution is -0.133. The summed E-state index contributed by atoms with van der Waals surface area (Å²) in [6.45, 7) is 9.66. The topological polar surface area (TPSA) is 98.7 Å². The van der Waals surface area contributed by atoms with E-state index < -0.39 is 11.6 Å². The number of carbonyl (C=O) groups excluding carboxylic acids is 2. The SMILES string of the molecule is COC1(C(=O)NC(C2=CN=CN(C)C2)C2=CC3=CC=CNC3C(N3CCN(C(=O)OCC(C)(C)C)CC3)c3ccc(Cl)cc32)CC1. The number of carbonyl (C=O) groups is 2. The van der Waals surface area contributed by atoms with Crippen LogP contribution in [0.25, 0.3) is 5.57 Å². The number of ether oxygens (including phenoxy) is 2. The van der Waals surface area contributed by atoms with E-state index in [0.29, 0.717) is 57.2 Å². The standard InChI is InChI=1S/C35H45ClN6O4/c1-34(2,3)21-46-33(44)42-15-13-41(14-16-42)31-26-9-8-25(36)18-27(26)28(17-23-7-6-12-38-30(23)31)29(24-19-37-22-40(4)20-24)39-32(43)35(45-5)10-11-35/h6-9,12,17-19,22,29-31,38H,10-11,13-16,20-21H2,1-5H3,(H,39,43). The van der Waals surface area contributed by atoms with Crippen molar-refractivity contribution in [2.75, 3.05) is 53.5 Å². The van der Waals surface area contributed by atoms with E-state index in [2.05, 4.69) is 59.5 Å². The van der Waals surface area contributed by atoms with Gasteiger partial charge in [0, 0.05) is 58.1 Å². The number of benzene rings is 1. The van der Waals surface area contributed by atoms with Crippen LogP contribution in [0.1, 0.15) is 50.8 Å². The van der Waals surface area contributed by atoms with Crippen LogP contribution in [-0.4, -0.2) is 104 Å². The Kier molecular flexibility index (Phi) is 9.06. The highest BCUT2D eigenvalue weighted by Gasteiger charge is 2.51. The zero-order valence-electron chi connectivity index (χ0n) is 27.4. The van der Waals surface area contributed by atoms with Gasteiger partial charge in [-0.15, -0.1) is 0 Å². The lowest BCUT2D eigenvalue weighted by atomic mass is 9.87. The lowest BCUT2D eigenvalue weighted by Gasteiger charge is -2.43. The van der Waals surface area contributed by atoms with E-state index in [1.807, 2.05) is 42.6 Å². The molecule has 10 nitrogen and oxygen atoms in total. The van der Waals surface area contributed by atoms with Gasteiger partial charge < -0.3 is 29.9 Å². The third-order valence-electron chi connectivity index (χ3n) is 9.30. The second-order valence-electron chi connectivity index (χ2n) is 14.1. The van der Waals surface area contributed by atoms with Crippen molar-refractivity contribution in [3.63, 3.8) is 0 Å². The predicted molar refractivity (Wildman–Crippen MR) is 180 cm³/mol. The number of nitrogens with zero attached hydrogens (tertiary/aromatic N) is 4. The molecule has 1 aromatic rings. The zero-order valence-corrected chi connectivity index (χ0v) is 28.1. The molecule has 246 valence electrons. The first-order chi connectivity index (χ1) is 22.0. The molecule has 5 aliphatic rings. The Morgan fingerprint density at radius 3 is 2.63 bits per heavy atom. The van der Waals surface area contributed by atoms with Crippen LogP contribution >= 0.6 is 11.6 Å². The molecule has 1 saturated carbocycles. The fourth-order valence-electron chi connectivity index (χ4n) is 6.65. The lowest BCUT2D eigenvalue weighted by Crippen LogP contribution is -2.53. The predicted octanol–water partition coefficient (Wildman–Crippen LogP) is 4.51. The average molecular weight is 649 g/mol. The van der Waals surface area contributed by atoms with Gasteiger partial charge in [-0.25, -0.2) is 9.79 Å². The number of hydrogen-bond donors (Lipinski definition) is 2. The minimum absolute atomic E-state index is 0.0592. The number of allylic oxidation sites excluding steroid dienone is 2. The maximum Gasteiger partial charge on any atom is 0.409 e. The normalized spacial score (nSPS) is 24.3. The molecule has 46 heavy (non-hydrogen) atoms. The summed E-state index contributed by atoms with van der Waals surface area (Å²) in [5.41, 5.74) is 4.23. The summed E-state index contributed by atoms with van der Waals surface area (Å²) in [4.78, 5) is 37.4. The van der Waals surface area contributed by atoms with E-state index in [1.165, 1.54) is 0 Å². The van der Waals surface area contributed by atoms with E-state index in [1.54, 1.807) is 18.3 Å². The van der Waals surface area contributed by atoms with Crippen LogP contribution in [0.2, 0.25) is 5.02 Å². The molecule has 2 N–H and O–H groups in total. The van der Waals surface area contributed by atoms with Gasteiger partial charge in [0.2, 0.25) is 0 Å². The second-order valence-corrected chi connectivity index (χ2v) is 14.5. The van der Waals surface area contributed by atoms with E-state index in [-0.39, 0.29) is 29.5 Å². The number of aliphatic imine (C=N–C) groups is 1. The second kappa shape index (κ2) is 12.9. The van der Waals surface area contributed by atoms with Gasteiger partial charge in [0.15, 0.2) is 0 Å². The first-order valence-electron chi connectivity index (χ1n) is 16.1. The van der Waals surface area contributed by atoms with Crippen LogP contribution in [0.15, 0.2) is 65.0 Å². The molecular formula is C35H45ClN6O4. The average Bonchev–Trinajstić information content (AvgIpc) is 3.86. The van der Waals surface area contributed by atoms with Gasteiger partial charge in [0.05, 0.1) is 31.1 Å². The number of likely N-dealkylation sites (N-methyl/N-ethyl adjacent to an activating group) is 1. The molecule has 3 unspecified atom stereocenters. The smallest absolute Gasteiger partial charge is 0.409 e. The van der Waals surface area contributed by atoms with Gasteiger partial charge in [-0.3, -0.25) is 9.69 Å². The first-order valence-corrected chi connectivity index (χ1v) is 16.4. The third kappa shape index (κ3) is 6.75. The van der Waals surface area contributed by atoms with Crippen molar-refractivity contribution in [1.82, 2.24) is 25.3 Å². The van der Waals surface area contributed by atoms with Crippen molar-refractivity contribution in [2.45, 2.75) is 57.3 Å². The van der Waals surface area contributed by atoms with Crippen LogP contribution in [-0.2, 0) is 14.3 Å². The number of methoxy groups -OCH3 is 1. The molecule has 1 aromatic carbocycles. The van der Waals surface area contributed by atoms with Gasteiger partial charge in [-0.05, 0) is 70.5 Å². The molecule has 0 aromatic heterocycles. The number of amides is 2. The minimum Gasteiger partial charge on any atom is -0.449 e. The van der Waals surface area contributed by atoms with Crippen molar-refractivity contribution in [2.24, 2.45) is 10.4 Å². The van der Waals surface area contributed by atoms with Crippen LogP contribution in [0.4, 0.5) is 4.79 Å². The van der Waals surface area contributed by atoms with E-state index in [0.717, 1.165) is 27.8 Å². The highest BCUT2D eigenvalue weighted by molar-refractivity contribution is 6.30. The number of hydrogen-bond acceptors (Lipinski definition) is 8. The fraction of sp³-hybridized carbons (Fsp3) is 0.514. The van der Waals surface area contributed by atoms with Crippen molar-refractivity contribution >= 4 is 35.5 Å². The molecule has 3 atom stereocenters. The third-order valence-corrected chi connectivity index (χ3v) is 9.53. The number of nitrogens with one attached hydrogen (secondary N) is 2. The Bertz CT molecular complexity index is 1510. The number of fused-ring (bicyclic) bond motifs is 2. The van der Waals surface area contributed by atoms with Crippen molar-refractivity contribution < 1.29 is 19.1 Å². The van der Waals surface area contributed by atoms with Crippen LogP contribution in [0.5, 0.6) is 0 Å². The Morgan fingerprint density at radius 1 is 1.20 bits per heavy atom. The summed E-state index contributed by atoms with van der Waals surface area (Å²) in [5.74, 6) is -0.120. The van der Waals surface area contributed by atoms with Crippen LogP contribution < -0.4 is 10.6 Å². The maximum absolute atomic E-state index is 13.7. The summed E-state index contributed by atoms with van der Waals surface area (Å²) in [6.07, 6.45) is 13.1. The van der Waals surface area contributed by atoms with Gasteiger partial charge in [0.25, 0.3) is 5.91 Å². The molecule has 2 amide bonds. The van der Waals surface area contributed by atoms with Crippen molar-refractivity contribution in [3.05, 3.63) is 76.1 Å². The highest BCUT2D eigenvalue weighted by Crippen LogP contribution is 2.44. The summed E-state index contributed by atoms with van der Waals surface area (Å²) in [5, 5.41) is 7.62. The molecule has 3 heterocycles. The van der Waals surface area contributed by atoms with E-state index in [4.69, 9.17) is 21.1 Å². The first kappa shape index (κ1) is 32.3. The number of halogens is 1. The molecule has 11 heteroatoms. The van der Waals surface area contributed by atoms with Crippen molar-refractivity contribution in [3.8, 4) is 0 Å². The molecule has 0 radical (unpaired) electrons. The highest BCUT2D eigenvalue weighted by atomic mass is 35.5. The molecule has 2 aliphatic carbocycles. The maximum atomic E-state index is 13.7. The Hall–Kier alpha value is -3.60. The fourth-order valence-corrected chi connectivity index (χ4v) is 6.82. The molecule has 0 spiro atoms. The summed E-state index contributed by atoms with van der Waals surface area (Å²) >= 11 is 6.73. The van der Waals surface area contributed by atoms with Crippen LogP contribution in [0.3, 0.4) is 0 Å². The van der Waals surface area contributed by atoms with Crippen molar-refractivity contribution in [1.29, 1.82) is 0 Å². The summed E-state index contributed by atoms with van der Waals surface area (Å²) < 4.78 is 11.3. The molecule has 2 fully saturated rings. The summed E-state index contributed by atoms with van der Waals surface area (Å²) in [7, 11) is 3.58. The monoisotopic (exact) mass is 648 g/mol. The molecule has 0 bridgehead atoms. The summed E-state index contributed by atoms with van der Waals surface area (Å²) in [6, 6.07) is 5.48.